The fourth-order valence-corrected chi connectivity index (χ4v) is 5.51. The number of rotatable bonds is 8. The van der Waals surface area contributed by atoms with Crippen molar-refractivity contribution >= 4 is 38.9 Å². The average molecular weight is 526 g/mol. The smallest absolute Gasteiger partial charge is 0.261 e. The summed E-state index contributed by atoms with van der Waals surface area (Å²) in [5.41, 5.74) is 4.35. The molecule has 0 radical (unpaired) electrons. The highest BCUT2D eigenvalue weighted by molar-refractivity contribution is 7.92. The number of anilines is 1. The molecule has 3 aromatic carbocycles. The zero-order valence-corrected chi connectivity index (χ0v) is 21.5. The summed E-state index contributed by atoms with van der Waals surface area (Å²) in [6.45, 7) is 1.90. The number of carbonyl (C=O) groups excluding carboxylic acids is 1. The molecule has 2 aromatic heterocycles. The van der Waals surface area contributed by atoms with Crippen LogP contribution in [-0.2, 0) is 10.0 Å². The Morgan fingerprint density at radius 2 is 1.65 bits per heavy atom. The fourth-order valence-electron chi connectivity index (χ4n) is 3.72. The normalized spacial score (nSPS) is 11.6. The first-order valence-corrected chi connectivity index (χ1v) is 13.9. The molecule has 6 nitrogen and oxygen atoms in total. The molecule has 1 N–H and O–H groups in total. The van der Waals surface area contributed by atoms with Crippen LogP contribution in [0.25, 0.3) is 22.3 Å². The van der Waals surface area contributed by atoms with E-state index in [0.29, 0.717) is 11.3 Å². The SMILES string of the molecule is Cc1ccc(S(=O)(=O)Nc2ccc(C(=O)/C=C/c3cn(-c4ccccc4)nc3-c3cccs3)cc2)cc1. The summed E-state index contributed by atoms with van der Waals surface area (Å²) in [6.07, 6.45) is 5.17. The number of nitrogens with zero attached hydrogens (tertiary/aromatic N) is 2. The molecule has 184 valence electrons. The molecular formula is C29H23N3O3S2. The van der Waals surface area contributed by atoms with Gasteiger partial charge >= 0.3 is 0 Å². The van der Waals surface area contributed by atoms with Crippen LogP contribution in [0.15, 0.2) is 114 Å². The molecule has 5 rings (SSSR count). The van der Waals surface area contributed by atoms with Gasteiger partial charge in [0.25, 0.3) is 10.0 Å². The van der Waals surface area contributed by atoms with Crippen LogP contribution in [0.3, 0.4) is 0 Å². The van der Waals surface area contributed by atoms with Crippen molar-refractivity contribution in [3.8, 4) is 16.3 Å². The molecule has 0 bridgehead atoms. The third-order valence-corrected chi connectivity index (χ3v) is 7.96. The molecule has 0 saturated heterocycles. The van der Waals surface area contributed by atoms with E-state index in [1.165, 1.54) is 6.08 Å². The average Bonchev–Trinajstić information content (AvgIpc) is 3.58. The summed E-state index contributed by atoms with van der Waals surface area (Å²) in [4.78, 5) is 14.1. The summed E-state index contributed by atoms with van der Waals surface area (Å²) in [5.74, 6) is -0.197. The molecule has 0 amide bonds. The lowest BCUT2D eigenvalue weighted by atomic mass is 10.1. The first-order chi connectivity index (χ1) is 17.9. The Bertz CT molecular complexity index is 1650. The van der Waals surface area contributed by atoms with E-state index < -0.39 is 10.0 Å². The van der Waals surface area contributed by atoms with Gasteiger partial charge in [0.05, 0.1) is 15.5 Å². The highest BCUT2D eigenvalue weighted by atomic mass is 32.2. The van der Waals surface area contributed by atoms with Gasteiger partial charge in [0.1, 0.15) is 5.69 Å². The van der Waals surface area contributed by atoms with Crippen LogP contribution < -0.4 is 4.72 Å². The monoisotopic (exact) mass is 525 g/mol. The van der Waals surface area contributed by atoms with Gasteiger partial charge in [0.2, 0.25) is 0 Å². The van der Waals surface area contributed by atoms with E-state index >= 15 is 0 Å². The molecule has 0 fully saturated rings. The number of aryl methyl sites for hydroxylation is 1. The van der Waals surface area contributed by atoms with Gasteiger partial charge in [0, 0.05) is 23.0 Å². The van der Waals surface area contributed by atoms with Crippen LogP contribution in [0.5, 0.6) is 0 Å². The molecule has 0 aliphatic carbocycles. The standard InChI is InChI=1S/C29H23N3O3S2/c1-21-9-16-26(17-10-21)37(34,35)31-24-14-11-22(12-15-24)27(33)18-13-23-20-32(25-6-3-2-4-7-25)30-29(23)28-8-5-19-36-28/h2-20,31H,1H3/b18-13+. The lowest BCUT2D eigenvalue weighted by molar-refractivity contribution is 0.104. The molecule has 0 unspecified atom stereocenters. The Labute approximate surface area is 219 Å². The molecule has 5 aromatic rings. The number of benzene rings is 3. The van der Waals surface area contributed by atoms with Gasteiger partial charge in [-0.1, -0.05) is 42.0 Å². The van der Waals surface area contributed by atoms with Crippen molar-refractivity contribution in [1.29, 1.82) is 0 Å². The Kier molecular flexibility index (Phi) is 6.85. The Morgan fingerprint density at radius 1 is 0.919 bits per heavy atom. The Morgan fingerprint density at radius 3 is 2.32 bits per heavy atom. The predicted octanol–water partition coefficient (Wildman–Crippen LogP) is 6.61. The van der Waals surface area contributed by atoms with Crippen molar-refractivity contribution in [2.45, 2.75) is 11.8 Å². The molecule has 37 heavy (non-hydrogen) atoms. The van der Waals surface area contributed by atoms with E-state index in [1.807, 2.05) is 61.0 Å². The zero-order valence-electron chi connectivity index (χ0n) is 19.9. The maximum Gasteiger partial charge on any atom is 0.261 e. The van der Waals surface area contributed by atoms with Crippen molar-refractivity contribution in [1.82, 2.24) is 9.78 Å². The minimum Gasteiger partial charge on any atom is -0.289 e. The number of nitrogens with one attached hydrogen (secondary N) is 1. The van der Waals surface area contributed by atoms with Crippen molar-refractivity contribution in [2.75, 3.05) is 4.72 Å². The topological polar surface area (TPSA) is 81.1 Å². The van der Waals surface area contributed by atoms with Gasteiger partial charge in [-0.2, -0.15) is 5.10 Å². The Balaban J connectivity index is 1.34. The number of thiophene rings is 1. The highest BCUT2D eigenvalue weighted by Gasteiger charge is 2.15. The van der Waals surface area contributed by atoms with E-state index in [2.05, 4.69) is 4.72 Å². The summed E-state index contributed by atoms with van der Waals surface area (Å²) in [5, 5.41) is 6.74. The molecule has 0 aliphatic rings. The maximum absolute atomic E-state index is 12.9. The third kappa shape index (κ3) is 5.61. The molecular weight excluding hydrogens is 502 g/mol. The molecule has 2 heterocycles. The van der Waals surface area contributed by atoms with E-state index in [-0.39, 0.29) is 10.7 Å². The quantitative estimate of drug-likeness (QED) is 0.183. The summed E-state index contributed by atoms with van der Waals surface area (Å²) < 4.78 is 29.6. The number of hydrogen-bond donors (Lipinski definition) is 1. The largest absolute Gasteiger partial charge is 0.289 e. The number of hydrogen-bond acceptors (Lipinski definition) is 5. The van der Waals surface area contributed by atoms with Crippen molar-refractivity contribution in [3.63, 3.8) is 0 Å². The minimum atomic E-state index is -3.71. The zero-order chi connectivity index (χ0) is 25.8. The van der Waals surface area contributed by atoms with Crippen LogP contribution in [0.2, 0.25) is 0 Å². The van der Waals surface area contributed by atoms with Gasteiger partial charge in [-0.3, -0.25) is 9.52 Å². The molecule has 0 saturated carbocycles. The fraction of sp³-hybridized carbons (Fsp3) is 0.0345. The third-order valence-electron chi connectivity index (χ3n) is 5.69. The second kappa shape index (κ2) is 10.4. The number of para-hydroxylation sites is 1. The lowest BCUT2D eigenvalue weighted by Gasteiger charge is -2.08. The van der Waals surface area contributed by atoms with Crippen molar-refractivity contribution in [3.05, 3.63) is 125 Å². The van der Waals surface area contributed by atoms with Gasteiger partial charge in [-0.15, -0.1) is 11.3 Å². The number of allylic oxidation sites excluding steroid dienone is 1. The van der Waals surface area contributed by atoms with E-state index in [9.17, 15) is 13.2 Å². The van der Waals surface area contributed by atoms with Crippen LogP contribution in [-0.4, -0.2) is 24.0 Å². The van der Waals surface area contributed by atoms with Gasteiger partial charge < -0.3 is 0 Å². The number of ketones is 1. The lowest BCUT2D eigenvalue weighted by Crippen LogP contribution is -2.13. The minimum absolute atomic E-state index is 0.179. The summed E-state index contributed by atoms with van der Waals surface area (Å²) in [6, 6.07) is 26.7. The molecule has 0 aliphatic heterocycles. The number of aromatic nitrogens is 2. The van der Waals surface area contributed by atoms with Crippen LogP contribution in [0.1, 0.15) is 21.5 Å². The molecule has 8 heteroatoms. The van der Waals surface area contributed by atoms with Gasteiger partial charge in [0.15, 0.2) is 5.78 Å². The first kappa shape index (κ1) is 24.4. The van der Waals surface area contributed by atoms with Crippen LogP contribution in [0, 0.1) is 6.92 Å². The van der Waals surface area contributed by atoms with E-state index in [0.717, 1.165) is 27.4 Å². The Hall–Kier alpha value is -4.27. The number of carbonyl (C=O) groups is 1. The van der Waals surface area contributed by atoms with Gasteiger partial charge in [-0.05, 0) is 79.1 Å². The van der Waals surface area contributed by atoms with Crippen LogP contribution >= 0.6 is 11.3 Å². The highest BCUT2D eigenvalue weighted by Crippen LogP contribution is 2.29. The maximum atomic E-state index is 12.9. The second-order valence-electron chi connectivity index (χ2n) is 8.38. The van der Waals surface area contributed by atoms with Crippen molar-refractivity contribution in [2.24, 2.45) is 0 Å². The number of sulfonamides is 1. The molecule has 0 spiro atoms. The van der Waals surface area contributed by atoms with Gasteiger partial charge in [-0.25, -0.2) is 13.1 Å². The molecule has 0 atom stereocenters. The van der Waals surface area contributed by atoms with Crippen LogP contribution in [0.4, 0.5) is 5.69 Å². The summed E-state index contributed by atoms with van der Waals surface area (Å²) in [7, 11) is -3.71. The predicted molar refractivity (Wildman–Crippen MR) is 149 cm³/mol. The van der Waals surface area contributed by atoms with Crippen molar-refractivity contribution < 1.29 is 13.2 Å². The first-order valence-electron chi connectivity index (χ1n) is 11.5. The second-order valence-corrected chi connectivity index (χ2v) is 11.0. The van der Waals surface area contributed by atoms with E-state index in [4.69, 9.17) is 5.10 Å². The summed E-state index contributed by atoms with van der Waals surface area (Å²) >= 11 is 1.58. The van der Waals surface area contributed by atoms with E-state index in [1.54, 1.807) is 70.6 Å².